The van der Waals surface area contributed by atoms with Crippen LogP contribution in [0.3, 0.4) is 0 Å². The fourth-order valence-corrected chi connectivity index (χ4v) is 4.46. The maximum Gasteiger partial charge on any atom is 0.248 e. The van der Waals surface area contributed by atoms with Crippen molar-refractivity contribution in [2.45, 2.75) is 6.42 Å². The molecule has 0 bridgehead atoms. The summed E-state index contributed by atoms with van der Waals surface area (Å²) < 4.78 is 17.1. The van der Waals surface area contributed by atoms with Crippen molar-refractivity contribution in [3.8, 4) is 11.5 Å². The second kappa shape index (κ2) is 13.9. The van der Waals surface area contributed by atoms with Crippen molar-refractivity contribution in [3.63, 3.8) is 0 Å². The number of morpholine rings is 1. The van der Waals surface area contributed by atoms with Crippen LogP contribution >= 0.6 is 11.6 Å². The van der Waals surface area contributed by atoms with Crippen LogP contribution in [0.1, 0.15) is 12.0 Å². The molecule has 2 aromatic carbocycles. The van der Waals surface area contributed by atoms with E-state index < -0.39 is 0 Å². The van der Waals surface area contributed by atoms with Gasteiger partial charge in [0.2, 0.25) is 5.91 Å². The number of ether oxygens (including phenoxy) is 3. The average molecular weight is 575 g/mol. The monoisotopic (exact) mass is 574 g/mol. The van der Waals surface area contributed by atoms with Crippen molar-refractivity contribution >= 4 is 51.7 Å². The first kappa shape index (κ1) is 28.3. The summed E-state index contributed by atoms with van der Waals surface area (Å²) in [6.07, 6.45) is 7.13. The van der Waals surface area contributed by atoms with E-state index in [9.17, 15) is 4.79 Å². The van der Waals surface area contributed by atoms with Gasteiger partial charge >= 0.3 is 0 Å². The number of methoxy groups -OCH3 is 1. The Kier molecular flexibility index (Phi) is 9.58. The zero-order valence-electron chi connectivity index (χ0n) is 22.7. The number of rotatable bonds is 11. The summed E-state index contributed by atoms with van der Waals surface area (Å²) in [5.41, 5.74) is 3.01. The van der Waals surface area contributed by atoms with Gasteiger partial charge in [-0.2, -0.15) is 0 Å². The van der Waals surface area contributed by atoms with Crippen molar-refractivity contribution < 1.29 is 19.0 Å². The van der Waals surface area contributed by atoms with E-state index in [1.165, 1.54) is 18.6 Å². The molecule has 11 heteroatoms. The van der Waals surface area contributed by atoms with Crippen molar-refractivity contribution in [2.24, 2.45) is 0 Å². The van der Waals surface area contributed by atoms with E-state index in [1.54, 1.807) is 25.3 Å². The molecule has 41 heavy (non-hydrogen) atoms. The maximum atomic E-state index is 12.2. The van der Waals surface area contributed by atoms with Gasteiger partial charge < -0.3 is 24.8 Å². The molecule has 0 radical (unpaired) electrons. The van der Waals surface area contributed by atoms with Crippen LogP contribution < -0.4 is 20.1 Å². The number of benzene rings is 2. The van der Waals surface area contributed by atoms with Gasteiger partial charge in [0.25, 0.3) is 0 Å². The Morgan fingerprint density at radius 2 is 1.85 bits per heavy atom. The molecule has 1 amide bonds. The molecule has 10 nitrogen and oxygen atoms in total. The number of nitrogens with zero attached hydrogens (tertiary/aromatic N) is 4. The van der Waals surface area contributed by atoms with Crippen LogP contribution in [0.2, 0.25) is 5.15 Å². The Labute approximate surface area is 243 Å². The van der Waals surface area contributed by atoms with Crippen LogP contribution in [-0.4, -0.2) is 72.3 Å². The highest BCUT2D eigenvalue weighted by molar-refractivity contribution is 6.29. The second-order valence-corrected chi connectivity index (χ2v) is 9.72. The van der Waals surface area contributed by atoms with Gasteiger partial charge in [-0.05, 0) is 48.4 Å². The number of aromatic nitrogens is 3. The van der Waals surface area contributed by atoms with E-state index in [0.717, 1.165) is 61.4 Å². The third-order valence-corrected chi connectivity index (χ3v) is 6.72. The summed E-state index contributed by atoms with van der Waals surface area (Å²) in [6, 6.07) is 14.7. The predicted molar refractivity (Wildman–Crippen MR) is 160 cm³/mol. The summed E-state index contributed by atoms with van der Waals surface area (Å²) in [5, 5.41) is 7.27. The van der Waals surface area contributed by atoms with Gasteiger partial charge in [-0.3, -0.25) is 9.69 Å². The lowest BCUT2D eigenvalue weighted by Gasteiger charge is -2.26. The first-order chi connectivity index (χ1) is 20.1. The number of anilines is 3. The van der Waals surface area contributed by atoms with Crippen molar-refractivity contribution in [1.29, 1.82) is 0 Å². The van der Waals surface area contributed by atoms with E-state index in [-0.39, 0.29) is 5.91 Å². The van der Waals surface area contributed by atoms with E-state index in [4.69, 9.17) is 25.8 Å². The summed E-state index contributed by atoms with van der Waals surface area (Å²) >= 11 is 5.78. The highest BCUT2D eigenvalue weighted by atomic mass is 35.5. The van der Waals surface area contributed by atoms with Gasteiger partial charge in [-0.1, -0.05) is 23.7 Å². The Hall–Kier alpha value is -4.25. The fourth-order valence-electron chi connectivity index (χ4n) is 4.35. The Morgan fingerprint density at radius 3 is 2.61 bits per heavy atom. The molecule has 1 saturated heterocycles. The molecule has 0 atom stereocenters. The molecule has 3 heterocycles. The summed E-state index contributed by atoms with van der Waals surface area (Å²) in [7, 11) is 1.62. The predicted octanol–water partition coefficient (Wildman–Crippen LogP) is 5.18. The third kappa shape index (κ3) is 7.91. The summed E-state index contributed by atoms with van der Waals surface area (Å²) in [5.74, 6) is 1.65. The number of nitrogens with one attached hydrogen (secondary N) is 2. The molecule has 1 fully saturated rings. The molecular formula is C30H31ClN6O4. The first-order valence-corrected chi connectivity index (χ1v) is 13.7. The molecule has 1 aliphatic heterocycles. The van der Waals surface area contributed by atoms with Gasteiger partial charge in [0.15, 0.2) is 11.5 Å². The van der Waals surface area contributed by atoms with Gasteiger partial charge in [-0.15, -0.1) is 0 Å². The summed E-state index contributed by atoms with van der Waals surface area (Å²) in [6.45, 7) is 5.06. The lowest BCUT2D eigenvalue weighted by atomic mass is 10.1. The average Bonchev–Trinajstić information content (AvgIpc) is 3.00. The number of halogens is 1. The van der Waals surface area contributed by atoms with Crippen LogP contribution in [0.4, 0.5) is 17.2 Å². The number of hydrogen-bond acceptors (Lipinski definition) is 9. The number of hydrogen-bond donors (Lipinski definition) is 2. The van der Waals surface area contributed by atoms with Gasteiger partial charge in [-0.25, -0.2) is 15.0 Å². The smallest absolute Gasteiger partial charge is 0.248 e. The van der Waals surface area contributed by atoms with Crippen molar-refractivity contribution in [2.75, 3.05) is 57.2 Å². The Morgan fingerprint density at radius 1 is 1.05 bits per heavy atom. The number of carbonyl (C=O) groups is 1. The molecule has 0 spiro atoms. The SMILES string of the molecule is COc1cc2c(Nc3ccc(C=CC(=O)Nc4ccc(Cl)nc4)cc3)ncnc2cc1OCCCN1CCOCC1. The van der Waals surface area contributed by atoms with E-state index in [0.29, 0.717) is 34.8 Å². The van der Waals surface area contributed by atoms with Crippen LogP contribution in [0.15, 0.2) is 67.1 Å². The molecule has 5 rings (SSSR count). The van der Waals surface area contributed by atoms with Crippen LogP contribution in [-0.2, 0) is 9.53 Å². The Balaban J connectivity index is 1.20. The number of pyridine rings is 1. The van der Waals surface area contributed by atoms with Crippen molar-refractivity contribution in [1.82, 2.24) is 19.9 Å². The maximum absolute atomic E-state index is 12.2. The molecule has 1 aliphatic rings. The standard InChI is InChI=1S/C30H31ClN6O4/c1-39-26-17-24-25(18-27(26)41-14-2-11-37-12-15-40-16-13-37)33-20-34-30(24)36-22-6-3-21(4-7-22)5-10-29(38)35-23-8-9-28(31)32-19-23/h3-10,17-20H,2,11-16H2,1H3,(H,35,38)(H,33,34,36). The van der Waals surface area contributed by atoms with Gasteiger partial charge in [0.1, 0.15) is 17.3 Å². The van der Waals surface area contributed by atoms with Crippen LogP contribution in [0, 0.1) is 0 Å². The van der Waals surface area contributed by atoms with Crippen LogP contribution in [0.25, 0.3) is 17.0 Å². The second-order valence-electron chi connectivity index (χ2n) is 9.34. The number of fused-ring (bicyclic) bond motifs is 1. The zero-order chi connectivity index (χ0) is 28.4. The molecule has 2 N–H and O–H groups in total. The van der Waals surface area contributed by atoms with Gasteiger partial charge in [0.05, 0.1) is 44.3 Å². The molecule has 0 saturated carbocycles. The minimum atomic E-state index is -0.266. The van der Waals surface area contributed by atoms with E-state index in [1.807, 2.05) is 36.4 Å². The van der Waals surface area contributed by atoms with Gasteiger partial charge in [0, 0.05) is 42.9 Å². The summed E-state index contributed by atoms with van der Waals surface area (Å²) in [4.78, 5) is 27.4. The lowest BCUT2D eigenvalue weighted by molar-refractivity contribution is -0.111. The lowest BCUT2D eigenvalue weighted by Crippen LogP contribution is -2.37. The van der Waals surface area contributed by atoms with Crippen LogP contribution in [0.5, 0.6) is 11.5 Å². The largest absolute Gasteiger partial charge is 0.493 e. The number of amides is 1. The highest BCUT2D eigenvalue weighted by Gasteiger charge is 2.13. The van der Waals surface area contributed by atoms with Crippen molar-refractivity contribution in [3.05, 3.63) is 77.8 Å². The quantitative estimate of drug-likeness (QED) is 0.142. The molecule has 212 valence electrons. The molecule has 0 unspecified atom stereocenters. The number of carbonyl (C=O) groups excluding carboxylic acids is 1. The molecule has 4 aromatic rings. The van der Waals surface area contributed by atoms with E-state index in [2.05, 4.69) is 30.5 Å². The molecule has 2 aromatic heterocycles. The minimum Gasteiger partial charge on any atom is -0.493 e. The zero-order valence-corrected chi connectivity index (χ0v) is 23.4. The van der Waals surface area contributed by atoms with E-state index >= 15 is 0 Å². The molecule has 0 aliphatic carbocycles. The molecular weight excluding hydrogens is 544 g/mol. The first-order valence-electron chi connectivity index (χ1n) is 13.3. The highest BCUT2D eigenvalue weighted by Crippen LogP contribution is 2.35. The third-order valence-electron chi connectivity index (χ3n) is 6.50. The normalized spacial score (nSPS) is 13.8. The topological polar surface area (TPSA) is 111 Å². The fraction of sp³-hybridized carbons (Fsp3) is 0.267. The Bertz CT molecular complexity index is 1490. The minimum absolute atomic E-state index is 0.266.